The Kier molecular flexibility index (Phi) is 4.02. The fraction of sp³-hybridized carbons (Fsp3) is 0.462. The molecule has 0 aromatic heterocycles. The van der Waals surface area contributed by atoms with Crippen LogP contribution in [0.25, 0.3) is 0 Å². The third-order valence-corrected chi connectivity index (χ3v) is 3.30. The van der Waals surface area contributed by atoms with Gasteiger partial charge in [0.2, 0.25) is 5.91 Å². The highest BCUT2D eigenvalue weighted by Crippen LogP contribution is 2.34. The largest absolute Gasteiger partial charge is 0.383 e. The SMILES string of the molecule is COCC(Cl)CNC(=O)C1Cc2ccccc21. The van der Waals surface area contributed by atoms with E-state index in [2.05, 4.69) is 11.4 Å². The summed E-state index contributed by atoms with van der Waals surface area (Å²) in [6.07, 6.45) is 0.833. The Morgan fingerprint density at radius 1 is 1.59 bits per heavy atom. The minimum absolute atomic E-state index is 0.00221. The molecule has 0 bridgehead atoms. The van der Waals surface area contributed by atoms with Crippen LogP contribution in [0.3, 0.4) is 0 Å². The molecule has 1 aliphatic rings. The lowest BCUT2D eigenvalue weighted by Gasteiger charge is -2.29. The molecule has 3 nitrogen and oxygen atoms in total. The summed E-state index contributed by atoms with van der Waals surface area (Å²) in [7, 11) is 1.60. The molecule has 0 saturated carbocycles. The van der Waals surface area contributed by atoms with Crippen LogP contribution in [0.4, 0.5) is 0 Å². The Labute approximate surface area is 106 Å². The number of fused-ring (bicyclic) bond motifs is 1. The number of hydrogen-bond acceptors (Lipinski definition) is 2. The van der Waals surface area contributed by atoms with E-state index in [0.29, 0.717) is 13.2 Å². The standard InChI is InChI=1S/C13H16ClNO2/c1-17-8-10(14)7-15-13(16)12-6-9-4-2-3-5-11(9)12/h2-5,10,12H,6-8H2,1H3,(H,15,16). The van der Waals surface area contributed by atoms with Gasteiger partial charge in [0.15, 0.2) is 0 Å². The third kappa shape index (κ3) is 2.79. The Morgan fingerprint density at radius 3 is 3.06 bits per heavy atom. The highest BCUT2D eigenvalue weighted by molar-refractivity contribution is 6.21. The predicted octanol–water partition coefficient (Wildman–Crippen LogP) is 1.70. The summed E-state index contributed by atoms with van der Waals surface area (Å²) < 4.78 is 4.91. The van der Waals surface area contributed by atoms with Gasteiger partial charge in [-0.15, -0.1) is 11.6 Å². The molecule has 1 N–H and O–H groups in total. The minimum atomic E-state index is -0.167. The molecular formula is C13H16ClNO2. The first-order chi connectivity index (χ1) is 8.22. The Hall–Kier alpha value is -1.06. The van der Waals surface area contributed by atoms with Gasteiger partial charge in [0.1, 0.15) is 0 Å². The maximum absolute atomic E-state index is 11.9. The molecule has 2 atom stereocenters. The first-order valence-electron chi connectivity index (χ1n) is 5.71. The van der Waals surface area contributed by atoms with Crippen LogP contribution < -0.4 is 5.32 Å². The lowest BCUT2D eigenvalue weighted by atomic mass is 9.77. The molecule has 0 fully saturated rings. The van der Waals surface area contributed by atoms with Crippen LogP contribution in [0.1, 0.15) is 17.0 Å². The second kappa shape index (κ2) is 5.52. The van der Waals surface area contributed by atoms with Crippen molar-refractivity contribution in [2.45, 2.75) is 17.7 Å². The number of hydrogen-bond donors (Lipinski definition) is 1. The molecule has 1 aliphatic carbocycles. The van der Waals surface area contributed by atoms with Gasteiger partial charge in [-0.1, -0.05) is 24.3 Å². The van der Waals surface area contributed by atoms with E-state index in [1.807, 2.05) is 18.2 Å². The molecule has 2 rings (SSSR count). The van der Waals surface area contributed by atoms with Crippen LogP contribution in [-0.4, -0.2) is 31.5 Å². The van der Waals surface area contributed by atoms with E-state index in [9.17, 15) is 4.79 Å². The number of ether oxygens (including phenoxy) is 1. The highest BCUT2D eigenvalue weighted by Gasteiger charge is 2.31. The summed E-state index contributed by atoms with van der Waals surface area (Å²) in [4.78, 5) is 11.9. The molecule has 0 aliphatic heterocycles. The Bertz CT molecular complexity index is 408. The fourth-order valence-electron chi connectivity index (χ4n) is 2.07. The van der Waals surface area contributed by atoms with E-state index in [-0.39, 0.29) is 17.2 Å². The summed E-state index contributed by atoms with van der Waals surface area (Å²) >= 11 is 5.95. The molecule has 0 heterocycles. The third-order valence-electron chi connectivity index (χ3n) is 3.02. The number of carbonyl (C=O) groups excluding carboxylic acids is 1. The second-order valence-electron chi connectivity index (χ2n) is 4.25. The van der Waals surface area contributed by atoms with E-state index in [4.69, 9.17) is 16.3 Å². The molecule has 1 aromatic carbocycles. The molecule has 4 heteroatoms. The van der Waals surface area contributed by atoms with Crippen molar-refractivity contribution in [3.05, 3.63) is 35.4 Å². The number of nitrogens with one attached hydrogen (secondary N) is 1. The number of methoxy groups -OCH3 is 1. The summed E-state index contributed by atoms with van der Waals surface area (Å²) in [6, 6.07) is 8.04. The van der Waals surface area contributed by atoms with Crippen molar-refractivity contribution in [2.24, 2.45) is 0 Å². The average Bonchev–Trinajstić information content (AvgIpc) is 2.28. The lowest BCUT2D eigenvalue weighted by molar-refractivity contribution is -0.123. The lowest BCUT2D eigenvalue weighted by Crippen LogP contribution is -2.39. The van der Waals surface area contributed by atoms with Gasteiger partial charge in [0.25, 0.3) is 0 Å². The van der Waals surface area contributed by atoms with Gasteiger partial charge in [0.05, 0.1) is 17.9 Å². The predicted molar refractivity (Wildman–Crippen MR) is 67.4 cm³/mol. The molecule has 0 radical (unpaired) electrons. The van der Waals surface area contributed by atoms with Crippen molar-refractivity contribution in [3.63, 3.8) is 0 Å². The van der Waals surface area contributed by atoms with Gasteiger partial charge in [-0.2, -0.15) is 0 Å². The number of carbonyl (C=O) groups is 1. The van der Waals surface area contributed by atoms with Crippen LogP contribution in [0.15, 0.2) is 24.3 Å². The zero-order valence-corrected chi connectivity index (χ0v) is 10.5. The monoisotopic (exact) mass is 253 g/mol. The van der Waals surface area contributed by atoms with Crippen molar-refractivity contribution in [1.82, 2.24) is 5.32 Å². The molecular weight excluding hydrogens is 238 g/mol. The second-order valence-corrected chi connectivity index (χ2v) is 4.87. The topological polar surface area (TPSA) is 38.3 Å². The Morgan fingerprint density at radius 2 is 2.35 bits per heavy atom. The molecule has 0 spiro atoms. The highest BCUT2D eigenvalue weighted by atomic mass is 35.5. The van der Waals surface area contributed by atoms with Gasteiger partial charge < -0.3 is 10.1 Å². The molecule has 17 heavy (non-hydrogen) atoms. The molecule has 92 valence electrons. The number of rotatable bonds is 5. The first-order valence-corrected chi connectivity index (χ1v) is 6.14. The van der Waals surface area contributed by atoms with Crippen LogP contribution in [0.5, 0.6) is 0 Å². The molecule has 1 amide bonds. The number of amides is 1. The average molecular weight is 254 g/mol. The van der Waals surface area contributed by atoms with E-state index < -0.39 is 0 Å². The van der Waals surface area contributed by atoms with Gasteiger partial charge in [-0.05, 0) is 17.5 Å². The van der Waals surface area contributed by atoms with Gasteiger partial charge >= 0.3 is 0 Å². The van der Waals surface area contributed by atoms with Crippen molar-refractivity contribution >= 4 is 17.5 Å². The maximum atomic E-state index is 11.9. The minimum Gasteiger partial charge on any atom is -0.383 e. The normalized spacial score (nSPS) is 19.1. The summed E-state index contributed by atoms with van der Waals surface area (Å²) in [5.74, 6) is 0.0584. The zero-order valence-electron chi connectivity index (χ0n) is 9.78. The smallest absolute Gasteiger partial charge is 0.227 e. The van der Waals surface area contributed by atoms with Crippen LogP contribution in [0, 0.1) is 0 Å². The van der Waals surface area contributed by atoms with Gasteiger partial charge in [-0.3, -0.25) is 4.79 Å². The first kappa shape index (κ1) is 12.4. The van der Waals surface area contributed by atoms with Gasteiger partial charge in [-0.25, -0.2) is 0 Å². The van der Waals surface area contributed by atoms with Crippen molar-refractivity contribution in [1.29, 1.82) is 0 Å². The van der Waals surface area contributed by atoms with Crippen LogP contribution >= 0.6 is 11.6 Å². The molecule has 2 unspecified atom stereocenters. The van der Waals surface area contributed by atoms with Gasteiger partial charge in [0, 0.05) is 13.7 Å². The van der Waals surface area contributed by atoms with Crippen molar-refractivity contribution in [3.8, 4) is 0 Å². The fourth-order valence-corrected chi connectivity index (χ4v) is 2.27. The van der Waals surface area contributed by atoms with E-state index >= 15 is 0 Å². The molecule has 0 saturated heterocycles. The number of benzene rings is 1. The van der Waals surface area contributed by atoms with Crippen LogP contribution in [0.2, 0.25) is 0 Å². The number of alkyl halides is 1. The summed E-state index contributed by atoms with van der Waals surface area (Å²) in [5, 5.41) is 2.69. The quantitative estimate of drug-likeness (QED) is 0.812. The summed E-state index contributed by atoms with van der Waals surface area (Å²) in [5.41, 5.74) is 2.41. The van der Waals surface area contributed by atoms with E-state index in [1.54, 1.807) is 7.11 Å². The number of halogens is 1. The van der Waals surface area contributed by atoms with Crippen molar-refractivity contribution in [2.75, 3.05) is 20.3 Å². The molecule has 1 aromatic rings. The Balaban J connectivity index is 1.83. The van der Waals surface area contributed by atoms with Crippen LogP contribution in [-0.2, 0) is 16.0 Å². The van der Waals surface area contributed by atoms with Crippen molar-refractivity contribution < 1.29 is 9.53 Å². The summed E-state index contributed by atoms with van der Waals surface area (Å²) in [6.45, 7) is 0.899. The van der Waals surface area contributed by atoms with E-state index in [0.717, 1.165) is 12.0 Å². The van der Waals surface area contributed by atoms with E-state index in [1.165, 1.54) is 5.56 Å². The maximum Gasteiger partial charge on any atom is 0.227 e. The zero-order chi connectivity index (χ0) is 12.3.